The number of hydrogen-bond donors (Lipinski definition) is 1. The standard InChI is InChI=1S/C12H14N2O/c13-7-3-5-10-4-1-2-6-11(10)12-14-8-9-15-12/h1-6H,7-9,13H2/b5-3+. The summed E-state index contributed by atoms with van der Waals surface area (Å²) in [6.07, 6.45) is 3.92. The van der Waals surface area contributed by atoms with E-state index in [1.54, 1.807) is 0 Å². The molecule has 0 aliphatic carbocycles. The maximum Gasteiger partial charge on any atom is 0.216 e. The maximum atomic E-state index is 5.44. The van der Waals surface area contributed by atoms with Gasteiger partial charge in [0.05, 0.1) is 6.54 Å². The van der Waals surface area contributed by atoms with Gasteiger partial charge in [0.2, 0.25) is 5.90 Å². The van der Waals surface area contributed by atoms with Crippen molar-refractivity contribution in [1.29, 1.82) is 0 Å². The van der Waals surface area contributed by atoms with Gasteiger partial charge in [-0.25, -0.2) is 4.99 Å². The number of hydrogen-bond acceptors (Lipinski definition) is 3. The zero-order valence-corrected chi connectivity index (χ0v) is 8.52. The molecule has 1 aromatic carbocycles. The Balaban J connectivity index is 2.33. The van der Waals surface area contributed by atoms with Gasteiger partial charge in [-0.05, 0) is 11.6 Å². The molecule has 0 spiro atoms. The molecule has 2 N–H and O–H groups in total. The van der Waals surface area contributed by atoms with Crippen LogP contribution in [-0.2, 0) is 4.74 Å². The third-order valence-electron chi connectivity index (χ3n) is 2.21. The van der Waals surface area contributed by atoms with Gasteiger partial charge < -0.3 is 10.5 Å². The second-order valence-corrected chi connectivity index (χ2v) is 3.26. The first-order valence-electron chi connectivity index (χ1n) is 5.05. The summed E-state index contributed by atoms with van der Waals surface area (Å²) in [5.41, 5.74) is 7.57. The molecular formula is C12H14N2O. The van der Waals surface area contributed by atoms with Crippen LogP contribution >= 0.6 is 0 Å². The van der Waals surface area contributed by atoms with E-state index in [1.807, 2.05) is 36.4 Å². The molecule has 3 nitrogen and oxygen atoms in total. The van der Waals surface area contributed by atoms with Gasteiger partial charge in [-0.2, -0.15) is 0 Å². The van der Waals surface area contributed by atoms with Crippen molar-refractivity contribution in [2.75, 3.05) is 19.7 Å². The second kappa shape index (κ2) is 4.75. The van der Waals surface area contributed by atoms with Crippen LogP contribution in [0.15, 0.2) is 35.3 Å². The molecule has 2 rings (SSSR count). The minimum Gasteiger partial charge on any atom is -0.475 e. The molecule has 0 atom stereocenters. The first-order valence-corrected chi connectivity index (χ1v) is 5.05. The lowest BCUT2D eigenvalue weighted by molar-refractivity contribution is 0.348. The lowest BCUT2D eigenvalue weighted by Gasteiger charge is -2.05. The Morgan fingerprint density at radius 3 is 3.00 bits per heavy atom. The van der Waals surface area contributed by atoms with E-state index in [0.29, 0.717) is 13.2 Å². The van der Waals surface area contributed by atoms with Crippen LogP contribution < -0.4 is 5.73 Å². The van der Waals surface area contributed by atoms with Crippen molar-refractivity contribution in [1.82, 2.24) is 0 Å². The van der Waals surface area contributed by atoms with E-state index < -0.39 is 0 Å². The fourth-order valence-corrected chi connectivity index (χ4v) is 1.53. The zero-order valence-electron chi connectivity index (χ0n) is 8.52. The normalized spacial score (nSPS) is 15.4. The molecule has 0 saturated heterocycles. The number of ether oxygens (including phenoxy) is 1. The summed E-state index contributed by atoms with van der Waals surface area (Å²) in [6, 6.07) is 8.03. The quantitative estimate of drug-likeness (QED) is 0.806. The van der Waals surface area contributed by atoms with Crippen molar-refractivity contribution in [2.24, 2.45) is 10.7 Å². The van der Waals surface area contributed by atoms with Crippen LogP contribution in [0, 0.1) is 0 Å². The van der Waals surface area contributed by atoms with E-state index in [9.17, 15) is 0 Å². The summed E-state index contributed by atoms with van der Waals surface area (Å²) >= 11 is 0. The summed E-state index contributed by atoms with van der Waals surface area (Å²) in [6.45, 7) is 1.98. The smallest absolute Gasteiger partial charge is 0.216 e. The third kappa shape index (κ3) is 2.25. The average Bonchev–Trinajstić information content (AvgIpc) is 2.80. The fraction of sp³-hybridized carbons (Fsp3) is 0.250. The summed E-state index contributed by atoms with van der Waals surface area (Å²) in [7, 11) is 0. The summed E-state index contributed by atoms with van der Waals surface area (Å²) in [4.78, 5) is 4.30. The van der Waals surface area contributed by atoms with E-state index in [2.05, 4.69) is 4.99 Å². The largest absolute Gasteiger partial charge is 0.475 e. The van der Waals surface area contributed by atoms with Crippen molar-refractivity contribution in [3.05, 3.63) is 41.5 Å². The van der Waals surface area contributed by atoms with Crippen molar-refractivity contribution in [3.8, 4) is 0 Å². The van der Waals surface area contributed by atoms with Crippen LogP contribution in [0.4, 0.5) is 0 Å². The number of nitrogens with zero attached hydrogens (tertiary/aromatic N) is 1. The molecule has 0 saturated carbocycles. The molecule has 0 radical (unpaired) electrons. The van der Waals surface area contributed by atoms with Crippen LogP contribution in [0.25, 0.3) is 6.08 Å². The van der Waals surface area contributed by atoms with Crippen LogP contribution in [0.5, 0.6) is 0 Å². The average molecular weight is 202 g/mol. The number of benzene rings is 1. The highest BCUT2D eigenvalue weighted by Crippen LogP contribution is 2.14. The molecule has 78 valence electrons. The molecule has 1 aliphatic rings. The van der Waals surface area contributed by atoms with Crippen LogP contribution in [-0.4, -0.2) is 25.6 Å². The fourth-order valence-electron chi connectivity index (χ4n) is 1.53. The number of rotatable bonds is 3. The Hall–Kier alpha value is -1.61. The topological polar surface area (TPSA) is 47.6 Å². The molecule has 1 aliphatic heterocycles. The SMILES string of the molecule is NC/C=C/c1ccccc1C1=NCCO1. The van der Waals surface area contributed by atoms with E-state index in [-0.39, 0.29) is 0 Å². The molecular weight excluding hydrogens is 188 g/mol. The Morgan fingerprint density at radius 2 is 2.27 bits per heavy atom. The van der Waals surface area contributed by atoms with Gasteiger partial charge in [0, 0.05) is 12.1 Å². The molecule has 0 aromatic heterocycles. The Morgan fingerprint density at radius 1 is 1.40 bits per heavy atom. The van der Waals surface area contributed by atoms with Crippen LogP contribution in [0.2, 0.25) is 0 Å². The Bertz CT molecular complexity index is 396. The van der Waals surface area contributed by atoms with Crippen LogP contribution in [0.3, 0.4) is 0 Å². The lowest BCUT2D eigenvalue weighted by Crippen LogP contribution is -2.03. The van der Waals surface area contributed by atoms with Gasteiger partial charge in [-0.15, -0.1) is 0 Å². The highest BCUT2D eigenvalue weighted by molar-refractivity contribution is 5.98. The molecule has 0 bridgehead atoms. The number of nitrogens with two attached hydrogens (primary N) is 1. The van der Waals surface area contributed by atoms with Gasteiger partial charge in [-0.3, -0.25) is 0 Å². The Labute approximate surface area is 89.3 Å². The predicted octanol–water partition coefficient (Wildman–Crippen LogP) is 1.44. The third-order valence-corrected chi connectivity index (χ3v) is 2.21. The monoisotopic (exact) mass is 202 g/mol. The maximum absolute atomic E-state index is 5.44. The predicted molar refractivity (Wildman–Crippen MR) is 61.9 cm³/mol. The molecule has 0 unspecified atom stereocenters. The number of aliphatic imine (C=N–C) groups is 1. The molecule has 0 amide bonds. The minimum absolute atomic E-state index is 0.543. The van der Waals surface area contributed by atoms with Gasteiger partial charge >= 0.3 is 0 Å². The van der Waals surface area contributed by atoms with Crippen molar-refractivity contribution >= 4 is 12.0 Å². The first-order chi connectivity index (χ1) is 7.42. The summed E-state index contributed by atoms with van der Waals surface area (Å²) in [5.74, 6) is 0.743. The van der Waals surface area contributed by atoms with Gasteiger partial charge in [0.15, 0.2) is 0 Å². The minimum atomic E-state index is 0.543. The molecule has 3 heteroatoms. The van der Waals surface area contributed by atoms with Crippen molar-refractivity contribution in [3.63, 3.8) is 0 Å². The Kier molecular flexibility index (Phi) is 3.15. The van der Waals surface area contributed by atoms with E-state index in [4.69, 9.17) is 10.5 Å². The second-order valence-electron chi connectivity index (χ2n) is 3.26. The van der Waals surface area contributed by atoms with E-state index in [1.165, 1.54) is 0 Å². The van der Waals surface area contributed by atoms with Crippen molar-refractivity contribution in [2.45, 2.75) is 0 Å². The summed E-state index contributed by atoms with van der Waals surface area (Å²) in [5, 5.41) is 0. The summed E-state index contributed by atoms with van der Waals surface area (Å²) < 4.78 is 5.44. The van der Waals surface area contributed by atoms with Crippen molar-refractivity contribution < 1.29 is 4.74 Å². The molecule has 1 heterocycles. The lowest BCUT2D eigenvalue weighted by atomic mass is 10.1. The molecule has 1 aromatic rings. The highest BCUT2D eigenvalue weighted by Gasteiger charge is 2.12. The first kappa shape index (κ1) is 9.93. The van der Waals surface area contributed by atoms with Gasteiger partial charge in [-0.1, -0.05) is 30.4 Å². The van der Waals surface area contributed by atoms with E-state index in [0.717, 1.165) is 23.6 Å². The van der Waals surface area contributed by atoms with E-state index >= 15 is 0 Å². The zero-order chi connectivity index (χ0) is 10.5. The molecule has 0 fully saturated rings. The van der Waals surface area contributed by atoms with Gasteiger partial charge in [0.1, 0.15) is 6.61 Å². The highest BCUT2D eigenvalue weighted by atomic mass is 16.5. The molecule has 15 heavy (non-hydrogen) atoms. The van der Waals surface area contributed by atoms with Gasteiger partial charge in [0.25, 0.3) is 0 Å². The van der Waals surface area contributed by atoms with Crippen LogP contribution in [0.1, 0.15) is 11.1 Å².